The molecule has 0 aliphatic rings. The molecule has 0 spiro atoms. The highest BCUT2D eigenvalue weighted by molar-refractivity contribution is 5.89. The Hall–Kier alpha value is -1.25. The van der Waals surface area contributed by atoms with Gasteiger partial charge in [-0.1, -0.05) is 6.92 Å². The number of aromatic amines is 1. The maximum absolute atomic E-state index is 11.5. The third kappa shape index (κ3) is 1.81. The Bertz CT molecular complexity index is 339. The minimum Gasteiger partial charge on any atom is -0.461 e. The van der Waals surface area contributed by atoms with E-state index in [0.29, 0.717) is 12.3 Å². The highest BCUT2D eigenvalue weighted by Gasteiger charge is 2.16. The first-order valence-corrected chi connectivity index (χ1v) is 4.96. The third-order valence-corrected chi connectivity index (χ3v) is 2.50. The van der Waals surface area contributed by atoms with Gasteiger partial charge in [-0.25, -0.2) is 4.79 Å². The van der Waals surface area contributed by atoms with Crippen LogP contribution in [0.15, 0.2) is 0 Å². The summed E-state index contributed by atoms with van der Waals surface area (Å²) in [5.74, 6) is -0.257. The molecule has 78 valence electrons. The van der Waals surface area contributed by atoms with E-state index in [2.05, 4.69) is 11.9 Å². The lowest BCUT2D eigenvalue weighted by molar-refractivity contribution is 0.0519. The van der Waals surface area contributed by atoms with E-state index in [1.54, 1.807) is 0 Å². The molecule has 0 saturated carbocycles. The van der Waals surface area contributed by atoms with E-state index in [4.69, 9.17) is 4.74 Å². The van der Waals surface area contributed by atoms with Crippen LogP contribution in [0.25, 0.3) is 0 Å². The minimum atomic E-state index is -0.257. The normalized spacial score (nSPS) is 10.3. The van der Waals surface area contributed by atoms with Crippen molar-refractivity contribution in [3.8, 4) is 0 Å². The topological polar surface area (TPSA) is 42.1 Å². The van der Waals surface area contributed by atoms with E-state index < -0.39 is 0 Å². The predicted octanol–water partition coefficient (Wildman–Crippen LogP) is 2.37. The van der Waals surface area contributed by atoms with Gasteiger partial charge in [0.2, 0.25) is 0 Å². The molecular weight excluding hydrogens is 178 g/mol. The van der Waals surface area contributed by atoms with Gasteiger partial charge in [0.1, 0.15) is 5.69 Å². The molecule has 0 saturated heterocycles. The Morgan fingerprint density at radius 1 is 1.29 bits per heavy atom. The first-order valence-electron chi connectivity index (χ1n) is 4.96. The number of rotatable bonds is 3. The molecule has 1 aromatic heterocycles. The molecule has 3 heteroatoms. The van der Waals surface area contributed by atoms with Crippen LogP contribution in [-0.2, 0) is 11.2 Å². The summed E-state index contributed by atoms with van der Waals surface area (Å²) in [6.07, 6.45) is 0.909. The van der Waals surface area contributed by atoms with Crippen LogP contribution in [0.3, 0.4) is 0 Å². The van der Waals surface area contributed by atoms with Crippen LogP contribution in [0, 0.1) is 13.8 Å². The van der Waals surface area contributed by atoms with Gasteiger partial charge in [0.15, 0.2) is 0 Å². The molecule has 0 amide bonds. The second-order valence-electron chi connectivity index (χ2n) is 3.30. The van der Waals surface area contributed by atoms with Crippen molar-refractivity contribution in [3.63, 3.8) is 0 Å². The molecule has 14 heavy (non-hydrogen) atoms. The number of aryl methyl sites for hydroxylation is 1. The van der Waals surface area contributed by atoms with Crippen LogP contribution in [0.2, 0.25) is 0 Å². The number of aromatic nitrogens is 1. The zero-order valence-electron chi connectivity index (χ0n) is 9.23. The molecule has 0 aliphatic carbocycles. The Balaban J connectivity index is 3.04. The average molecular weight is 195 g/mol. The number of nitrogens with one attached hydrogen (secondary N) is 1. The summed E-state index contributed by atoms with van der Waals surface area (Å²) in [5, 5.41) is 0. The molecular formula is C11H17NO2. The minimum absolute atomic E-state index is 0.257. The molecule has 0 aromatic carbocycles. The molecule has 1 aromatic rings. The number of ether oxygens (including phenoxy) is 1. The molecule has 0 radical (unpaired) electrons. The lowest BCUT2D eigenvalue weighted by Gasteiger charge is -1.99. The molecule has 3 nitrogen and oxygen atoms in total. The lowest BCUT2D eigenvalue weighted by atomic mass is 10.1. The van der Waals surface area contributed by atoms with Crippen LogP contribution in [0.1, 0.15) is 41.2 Å². The van der Waals surface area contributed by atoms with Gasteiger partial charge in [0, 0.05) is 5.69 Å². The van der Waals surface area contributed by atoms with E-state index >= 15 is 0 Å². The van der Waals surface area contributed by atoms with Crippen molar-refractivity contribution in [2.24, 2.45) is 0 Å². The maximum Gasteiger partial charge on any atom is 0.355 e. The van der Waals surface area contributed by atoms with Crippen LogP contribution in [-0.4, -0.2) is 17.6 Å². The van der Waals surface area contributed by atoms with Crippen LogP contribution in [0.5, 0.6) is 0 Å². The van der Waals surface area contributed by atoms with Crippen molar-refractivity contribution < 1.29 is 9.53 Å². The van der Waals surface area contributed by atoms with Crippen molar-refractivity contribution in [2.45, 2.75) is 34.1 Å². The fourth-order valence-corrected chi connectivity index (χ4v) is 1.51. The van der Waals surface area contributed by atoms with Crippen molar-refractivity contribution in [1.82, 2.24) is 4.98 Å². The fraction of sp³-hybridized carbons (Fsp3) is 0.545. The summed E-state index contributed by atoms with van der Waals surface area (Å²) in [6, 6.07) is 0. The number of esters is 1. The highest BCUT2D eigenvalue weighted by Crippen LogP contribution is 2.18. The molecule has 1 rings (SSSR count). The van der Waals surface area contributed by atoms with Crippen molar-refractivity contribution in [3.05, 3.63) is 22.5 Å². The van der Waals surface area contributed by atoms with Crippen molar-refractivity contribution in [1.29, 1.82) is 0 Å². The quantitative estimate of drug-likeness (QED) is 0.752. The first kappa shape index (κ1) is 10.8. The fourth-order valence-electron chi connectivity index (χ4n) is 1.51. The number of hydrogen-bond donors (Lipinski definition) is 1. The number of carbonyl (C=O) groups is 1. The molecule has 1 heterocycles. The number of hydrogen-bond acceptors (Lipinski definition) is 2. The second kappa shape index (κ2) is 4.31. The Kier molecular flexibility index (Phi) is 3.33. The van der Waals surface area contributed by atoms with Crippen molar-refractivity contribution >= 4 is 5.97 Å². The Morgan fingerprint density at radius 2 is 1.93 bits per heavy atom. The van der Waals surface area contributed by atoms with Crippen LogP contribution in [0.4, 0.5) is 0 Å². The predicted molar refractivity (Wildman–Crippen MR) is 55.6 cm³/mol. The summed E-state index contributed by atoms with van der Waals surface area (Å²) < 4.78 is 4.95. The van der Waals surface area contributed by atoms with Crippen LogP contribution < -0.4 is 0 Å². The monoisotopic (exact) mass is 195 g/mol. The van der Waals surface area contributed by atoms with Gasteiger partial charge in [-0.05, 0) is 38.3 Å². The summed E-state index contributed by atoms with van der Waals surface area (Å²) >= 11 is 0. The SMILES string of the molecule is CCOC(=O)c1[nH]c(CC)c(C)c1C. The molecule has 0 atom stereocenters. The smallest absolute Gasteiger partial charge is 0.355 e. The van der Waals surface area contributed by atoms with Crippen LogP contribution >= 0.6 is 0 Å². The van der Waals surface area contributed by atoms with E-state index in [0.717, 1.165) is 23.2 Å². The molecule has 1 N–H and O–H groups in total. The van der Waals surface area contributed by atoms with Gasteiger partial charge >= 0.3 is 5.97 Å². The van der Waals surface area contributed by atoms with Gasteiger partial charge in [-0.2, -0.15) is 0 Å². The van der Waals surface area contributed by atoms with Gasteiger partial charge in [0.25, 0.3) is 0 Å². The molecule has 0 aliphatic heterocycles. The summed E-state index contributed by atoms with van der Waals surface area (Å²) in [6.45, 7) is 8.25. The molecule has 0 fully saturated rings. The van der Waals surface area contributed by atoms with E-state index in [1.807, 2.05) is 20.8 Å². The Morgan fingerprint density at radius 3 is 2.36 bits per heavy atom. The highest BCUT2D eigenvalue weighted by atomic mass is 16.5. The average Bonchev–Trinajstić information content (AvgIpc) is 2.44. The zero-order valence-corrected chi connectivity index (χ0v) is 9.23. The number of carbonyl (C=O) groups excluding carboxylic acids is 1. The van der Waals surface area contributed by atoms with Gasteiger partial charge in [-0.15, -0.1) is 0 Å². The Labute approximate surface area is 84.5 Å². The number of H-pyrrole nitrogens is 1. The summed E-state index contributed by atoms with van der Waals surface area (Å²) in [7, 11) is 0. The first-order chi connectivity index (χ1) is 6.61. The summed E-state index contributed by atoms with van der Waals surface area (Å²) in [4.78, 5) is 14.6. The van der Waals surface area contributed by atoms with E-state index in [9.17, 15) is 4.79 Å². The summed E-state index contributed by atoms with van der Waals surface area (Å²) in [5.41, 5.74) is 3.88. The maximum atomic E-state index is 11.5. The van der Waals surface area contributed by atoms with Gasteiger partial charge in [-0.3, -0.25) is 0 Å². The standard InChI is InChI=1S/C11H17NO2/c1-5-9-7(3)8(4)10(12-9)11(13)14-6-2/h12H,5-6H2,1-4H3. The van der Waals surface area contributed by atoms with E-state index in [-0.39, 0.29) is 5.97 Å². The lowest BCUT2D eigenvalue weighted by Crippen LogP contribution is -2.06. The van der Waals surface area contributed by atoms with E-state index in [1.165, 1.54) is 0 Å². The van der Waals surface area contributed by atoms with Gasteiger partial charge in [0.05, 0.1) is 6.61 Å². The largest absolute Gasteiger partial charge is 0.461 e. The van der Waals surface area contributed by atoms with Crippen molar-refractivity contribution in [2.75, 3.05) is 6.61 Å². The third-order valence-electron chi connectivity index (χ3n) is 2.50. The molecule has 0 unspecified atom stereocenters. The second-order valence-corrected chi connectivity index (χ2v) is 3.30. The zero-order chi connectivity index (χ0) is 10.7. The van der Waals surface area contributed by atoms with Gasteiger partial charge < -0.3 is 9.72 Å². The molecule has 0 bridgehead atoms.